The molecule has 0 bridgehead atoms. The van der Waals surface area contributed by atoms with Gasteiger partial charge >= 0.3 is 0 Å². The van der Waals surface area contributed by atoms with Crippen LogP contribution in [0, 0.1) is 0 Å². The third kappa shape index (κ3) is 2.36. The van der Waals surface area contributed by atoms with Crippen LogP contribution in [0.3, 0.4) is 0 Å². The van der Waals surface area contributed by atoms with Crippen LogP contribution in [0.15, 0.2) is 10.7 Å². The van der Waals surface area contributed by atoms with Crippen LogP contribution in [-0.4, -0.2) is 11.3 Å². The Morgan fingerprint density at radius 1 is 1.57 bits per heavy atom. The van der Waals surface area contributed by atoms with E-state index in [2.05, 4.69) is 36.8 Å². The number of hydrogen-bond donors (Lipinski definition) is 0. The molecule has 14 heavy (non-hydrogen) atoms. The first-order valence-corrected chi connectivity index (χ1v) is 5.50. The summed E-state index contributed by atoms with van der Waals surface area (Å²) >= 11 is 5.99. The molecule has 0 atom stereocenters. The van der Waals surface area contributed by atoms with Gasteiger partial charge in [0.2, 0.25) is 0 Å². The van der Waals surface area contributed by atoms with Crippen molar-refractivity contribution < 1.29 is 13.6 Å². The van der Waals surface area contributed by atoms with E-state index in [0.29, 0.717) is 11.8 Å². The number of halogens is 4. The number of carbonyl (C=O) groups is 1. The maximum Gasteiger partial charge on any atom is 0.266 e. The van der Waals surface area contributed by atoms with Gasteiger partial charge in [-0.3, -0.25) is 4.79 Å². The van der Waals surface area contributed by atoms with Gasteiger partial charge < -0.3 is 0 Å². The minimum atomic E-state index is -2.61. The second kappa shape index (κ2) is 4.93. The lowest BCUT2D eigenvalue weighted by atomic mass is 10.1. The van der Waals surface area contributed by atoms with Crippen LogP contribution in [0.4, 0.5) is 8.78 Å². The molecule has 0 N–H and O–H groups in total. The van der Waals surface area contributed by atoms with Crippen molar-refractivity contribution in [3.63, 3.8) is 0 Å². The second-order valence-corrected chi connectivity index (χ2v) is 3.77. The zero-order valence-corrected chi connectivity index (χ0v) is 9.98. The molecule has 0 aromatic carbocycles. The van der Waals surface area contributed by atoms with Crippen LogP contribution in [0.25, 0.3) is 0 Å². The van der Waals surface area contributed by atoms with Crippen molar-refractivity contribution in [3.8, 4) is 0 Å². The molecular formula is C8H5Br2F2NO. The summed E-state index contributed by atoms with van der Waals surface area (Å²) in [5, 5.41) is 0.259. The molecule has 0 radical (unpaired) electrons. The van der Waals surface area contributed by atoms with Gasteiger partial charge in [-0.05, 0) is 27.6 Å². The number of nitrogens with zero attached hydrogens (tertiary/aromatic N) is 1. The molecule has 2 nitrogen and oxygen atoms in total. The molecule has 0 amide bonds. The van der Waals surface area contributed by atoms with Crippen LogP contribution >= 0.6 is 31.9 Å². The smallest absolute Gasteiger partial charge is 0.266 e. The second-order valence-electron chi connectivity index (χ2n) is 2.46. The molecule has 76 valence electrons. The Kier molecular flexibility index (Phi) is 4.12. The summed E-state index contributed by atoms with van der Waals surface area (Å²) in [7, 11) is 0. The number of hydrogen-bond acceptors (Lipinski definition) is 2. The summed E-state index contributed by atoms with van der Waals surface area (Å²) in [5.74, 6) is 0. The standard InChI is InChI=1S/C8H5Br2F2NO/c9-2-4-1-5(3-14)13-7(10)6(4)8(11)12/h1,3,8H,2H2. The van der Waals surface area contributed by atoms with E-state index in [9.17, 15) is 13.6 Å². The molecular weight excluding hydrogens is 324 g/mol. The van der Waals surface area contributed by atoms with Crippen molar-refractivity contribution in [2.45, 2.75) is 11.8 Å². The molecule has 0 aliphatic heterocycles. The minimum absolute atomic E-state index is 0.0200. The highest BCUT2D eigenvalue weighted by Gasteiger charge is 2.18. The number of alkyl halides is 3. The topological polar surface area (TPSA) is 30.0 Å². The highest BCUT2D eigenvalue weighted by molar-refractivity contribution is 9.10. The fourth-order valence-corrected chi connectivity index (χ4v) is 2.09. The van der Waals surface area contributed by atoms with Crippen molar-refractivity contribution in [3.05, 3.63) is 27.5 Å². The monoisotopic (exact) mass is 327 g/mol. The first-order chi connectivity index (χ1) is 6.60. The Hall–Kier alpha value is -0.360. The number of aromatic nitrogens is 1. The molecule has 1 heterocycles. The summed E-state index contributed by atoms with van der Waals surface area (Å²) in [6, 6.07) is 1.34. The fraction of sp³-hybridized carbons (Fsp3) is 0.250. The van der Waals surface area contributed by atoms with Crippen LogP contribution in [0.1, 0.15) is 28.0 Å². The number of aldehydes is 1. The zero-order chi connectivity index (χ0) is 10.7. The summed E-state index contributed by atoms with van der Waals surface area (Å²) in [4.78, 5) is 14.1. The lowest BCUT2D eigenvalue weighted by Gasteiger charge is -2.08. The molecule has 0 spiro atoms. The summed E-state index contributed by atoms with van der Waals surface area (Å²) in [6.07, 6.45) is -2.09. The molecule has 0 aliphatic carbocycles. The average Bonchev–Trinajstić information content (AvgIpc) is 2.15. The maximum atomic E-state index is 12.5. The van der Waals surface area contributed by atoms with Crippen LogP contribution in [0.5, 0.6) is 0 Å². The lowest BCUT2D eigenvalue weighted by Crippen LogP contribution is -2.00. The van der Waals surface area contributed by atoms with Crippen LogP contribution in [-0.2, 0) is 5.33 Å². The third-order valence-electron chi connectivity index (χ3n) is 1.60. The molecule has 0 aliphatic rings. The Bertz CT molecular complexity index is 357. The van der Waals surface area contributed by atoms with Crippen molar-refractivity contribution in [1.29, 1.82) is 0 Å². The van der Waals surface area contributed by atoms with E-state index in [4.69, 9.17) is 0 Å². The number of pyridine rings is 1. The van der Waals surface area contributed by atoms with Crippen molar-refractivity contribution in [2.24, 2.45) is 0 Å². The van der Waals surface area contributed by atoms with E-state index in [0.717, 1.165) is 0 Å². The normalized spacial score (nSPS) is 10.6. The van der Waals surface area contributed by atoms with Gasteiger partial charge in [0, 0.05) is 5.33 Å². The molecule has 1 aromatic heterocycles. The Balaban J connectivity index is 3.34. The van der Waals surface area contributed by atoms with E-state index in [1.54, 1.807) is 0 Å². The highest BCUT2D eigenvalue weighted by atomic mass is 79.9. The molecule has 6 heteroatoms. The summed E-state index contributed by atoms with van der Waals surface area (Å²) in [6.45, 7) is 0. The Morgan fingerprint density at radius 2 is 2.21 bits per heavy atom. The van der Waals surface area contributed by atoms with Crippen LogP contribution < -0.4 is 0 Å². The van der Waals surface area contributed by atoms with Crippen molar-refractivity contribution >= 4 is 38.1 Å². The zero-order valence-electron chi connectivity index (χ0n) is 6.81. The molecule has 0 saturated carbocycles. The van der Waals surface area contributed by atoms with Gasteiger partial charge in [0.1, 0.15) is 10.3 Å². The predicted octanol–water partition coefficient (Wildman–Crippen LogP) is 3.49. The Labute approximate surface area is 96.0 Å². The first kappa shape index (κ1) is 11.7. The Morgan fingerprint density at radius 3 is 2.64 bits per heavy atom. The van der Waals surface area contributed by atoms with Gasteiger partial charge in [-0.1, -0.05) is 15.9 Å². The summed E-state index contributed by atoms with van der Waals surface area (Å²) in [5.41, 5.74) is 0.326. The molecule has 0 fully saturated rings. The average molecular weight is 329 g/mol. The lowest BCUT2D eigenvalue weighted by molar-refractivity contribution is 0.111. The molecule has 1 rings (SSSR count). The first-order valence-electron chi connectivity index (χ1n) is 3.58. The van der Waals surface area contributed by atoms with Gasteiger partial charge in [0.15, 0.2) is 6.29 Å². The maximum absolute atomic E-state index is 12.5. The van der Waals surface area contributed by atoms with Gasteiger partial charge in [0.25, 0.3) is 6.43 Å². The fourth-order valence-electron chi connectivity index (χ4n) is 0.996. The number of carbonyl (C=O) groups excluding carboxylic acids is 1. The van der Waals surface area contributed by atoms with E-state index in [1.165, 1.54) is 6.07 Å². The van der Waals surface area contributed by atoms with E-state index < -0.39 is 6.43 Å². The largest absolute Gasteiger partial charge is 0.296 e. The SMILES string of the molecule is O=Cc1cc(CBr)c(C(F)F)c(Br)n1. The molecule has 1 aromatic rings. The van der Waals surface area contributed by atoms with Crippen molar-refractivity contribution in [2.75, 3.05) is 0 Å². The molecule has 0 unspecified atom stereocenters. The van der Waals surface area contributed by atoms with E-state index in [1.807, 2.05) is 0 Å². The van der Waals surface area contributed by atoms with Crippen LogP contribution in [0.2, 0.25) is 0 Å². The van der Waals surface area contributed by atoms with Gasteiger partial charge in [-0.2, -0.15) is 0 Å². The van der Waals surface area contributed by atoms with Gasteiger partial charge in [-0.15, -0.1) is 0 Å². The molecule has 0 saturated heterocycles. The minimum Gasteiger partial charge on any atom is -0.296 e. The van der Waals surface area contributed by atoms with Gasteiger partial charge in [-0.25, -0.2) is 13.8 Å². The number of rotatable bonds is 3. The third-order valence-corrected chi connectivity index (χ3v) is 2.81. The predicted molar refractivity (Wildman–Crippen MR) is 54.9 cm³/mol. The quantitative estimate of drug-likeness (QED) is 0.483. The highest BCUT2D eigenvalue weighted by Crippen LogP contribution is 2.30. The summed E-state index contributed by atoms with van der Waals surface area (Å²) < 4.78 is 25.1. The van der Waals surface area contributed by atoms with E-state index in [-0.39, 0.29) is 21.2 Å². The van der Waals surface area contributed by atoms with Crippen molar-refractivity contribution in [1.82, 2.24) is 4.98 Å². The van der Waals surface area contributed by atoms with E-state index >= 15 is 0 Å². The van der Waals surface area contributed by atoms with Gasteiger partial charge in [0.05, 0.1) is 5.56 Å².